The number of nitrogens with one attached hydrogen (secondary N) is 2. The molecule has 2 aromatic carbocycles. The van der Waals surface area contributed by atoms with Crippen molar-refractivity contribution in [2.45, 2.75) is 43.9 Å². The van der Waals surface area contributed by atoms with Crippen molar-refractivity contribution in [2.75, 3.05) is 0 Å². The van der Waals surface area contributed by atoms with Crippen molar-refractivity contribution < 1.29 is 9.90 Å². The van der Waals surface area contributed by atoms with Crippen molar-refractivity contribution in [3.05, 3.63) is 70.9 Å². The van der Waals surface area contributed by atoms with E-state index in [0.717, 1.165) is 22.0 Å². The van der Waals surface area contributed by atoms with E-state index in [4.69, 9.17) is 17.3 Å². The second-order valence-corrected chi connectivity index (χ2v) is 8.18. The van der Waals surface area contributed by atoms with Crippen LogP contribution >= 0.6 is 11.6 Å². The minimum atomic E-state index is -0.833. The third kappa shape index (κ3) is 4.31. The molecule has 0 radical (unpaired) electrons. The number of aromatic amines is 1. The number of halogens is 1. The maximum absolute atomic E-state index is 11.7. The number of carbonyl (C=O) groups is 1. The van der Waals surface area contributed by atoms with E-state index in [-0.39, 0.29) is 18.1 Å². The number of hydrogen-bond donors (Lipinski definition) is 4. The molecule has 0 amide bonds. The van der Waals surface area contributed by atoms with Gasteiger partial charge in [-0.05, 0) is 48.1 Å². The Bertz CT molecular complexity index is 1000. The van der Waals surface area contributed by atoms with E-state index in [1.807, 2.05) is 48.7 Å². The molecule has 0 saturated carbocycles. The summed E-state index contributed by atoms with van der Waals surface area (Å²) in [7, 11) is 0. The largest absolute Gasteiger partial charge is 0.480 e. The Morgan fingerprint density at radius 3 is 2.72 bits per heavy atom. The fourth-order valence-electron chi connectivity index (χ4n) is 4.03. The van der Waals surface area contributed by atoms with Crippen molar-refractivity contribution in [1.29, 1.82) is 0 Å². The normalized spacial score (nSPS) is 23.1. The molecule has 29 heavy (non-hydrogen) atoms. The van der Waals surface area contributed by atoms with Gasteiger partial charge in [-0.15, -0.1) is 0 Å². The summed E-state index contributed by atoms with van der Waals surface area (Å²) in [5.74, 6) is -0.606. The Balaban J connectivity index is 1.39. The highest BCUT2D eigenvalue weighted by Gasteiger charge is 2.53. The molecule has 3 unspecified atom stereocenters. The van der Waals surface area contributed by atoms with E-state index >= 15 is 0 Å². The molecule has 0 spiro atoms. The smallest absolute Gasteiger partial charge is 0.324 e. The van der Waals surface area contributed by atoms with Gasteiger partial charge in [-0.1, -0.05) is 48.9 Å². The summed E-state index contributed by atoms with van der Waals surface area (Å²) in [4.78, 5) is 14.9. The molecular weight excluding hydrogens is 388 g/mol. The molecule has 6 nitrogen and oxygen atoms in total. The van der Waals surface area contributed by atoms with Crippen molar-refractivity contribution in [2.24, 2.45) is 5.73 Å². The number of aromatic nitrogens is 1. The minimum Gasteiger partial charge on any atom is -0.480 e. The standard InChI is InChI=1S/C22H25ClN4O2/c1-13(14-6-8-16(23)9-7-14)10-20(24)26-27-19(21(27)22(28)29)11-15-12-25-18-5-3-2-4-17(15)18/h2-9,12-13,19-21,25-26H,10-11,24H2,1H3,(H,28,29)/t13?,19-,20?,21-,27?/m1/s1. The first-order valence-corrected chi connectivity index (χ1v) is 10.1. The number of aliphatic carboxylic acids is 1. The number of nitrogens with zero attached hydrogens (tertiary/aromatic N) is 1. The number of carboxylic acid groups (broad SMARTS) is 1. The molecule has 4 rings (SSSR count). The zero-order valence-electron chi connectivity index (χ0n) is 16.2. The zero-order valence-corrected chi connectivity index (χ0v) is 16.9. The fourth-order valence-corrected chi connectivity index (χ4v) is 4.15. The van der Waals surface area contributed by atoms with Gasteiger partial charge in [0.15, 0.2) is 0 Å². The highest BCUT2D eigenvalue weighted by atomic mass is 35.5. The molecule has 0 bridgehead atoms. The van der Waals surface area contributed by atoms with Gasteiger partial charge in [0.2, 0.25) is 0 Å². The zero-order chi connectivity index (χ0) is 20.5. The number of H-pyrrole nitrogens is 1. The number of hydrogen-bond acceptors (Lipinski definition) is 4. The van der Waals surface area contributed by atoms with Gasteiger partial charge in [-0.3, -0.25) is 4.79 Å². The van der Waals surface area contributed by atoms with E-state index < -0.39 is 12.0 Å². The Morgan fingerprint density at radius 1 is 1.28 bits per heavy atom. The molecular formula is C22H25ClN4O2. The van der Waals surface area contributed by atoms with Crippen molar-refractivity contribution in [3.63, 3.8) is 0 Å². The highest BCUT2D eigenvalue weighted by Crippen LogP contribution is 2.32. The molecule has 1 aliphatic heterocycles. The van der Waals surface area contributed by atoms with Gasteiger partial charge in [0, 0.05) is 22.1 Å². The topological polar surface area (TPSA) is 94.1 Å². The van der Waals surface area contributed by atoms with E-state index in [0.29, 0.717) is 17.9 Å². The van der Waals surface area contributed by atoms with Gasteiger partial charge < -0.3 is 15.8 Å². The van der Waals surface area contributed by atoms with Crippen LogP contribution in [0.3, 0.4) is 0 Å². The monoisotopic (exact) mass is 412 g/mol. The molecule has 152 valence electrons. The van der Waals surface area contributed by atoms with Crippen molar-refractivity contribution >= 4 is 28.5 Å². The molecule has 1 aliphatic rings. The summed E-state index contributed by atoms with van der Waals surface area (Å²) in [5.41, 5.74) is 12.8. The summed E-state index contributed by atoms with van der Waals surface area (Å²) < 4.78 is 0. The lowest BCUT2D eigenvalue weighted by Gasteiger charge is -2.20. The van der Waals surface area contributed by atoms with Gasteiger partial charge in [0.1, 0.15) is 6.04 Å². The summed E-state index contributed by atoms with van der Waals surface area (Å²) in [5, 5.41) is 13.2. The van der Waals surface area contributed by atoms with Crippen LogP contribution in [0, 0.1) is 0 Å². The lowest BCUT2D eigenvalue weighted by Crippen LogP contribution is -2.43. The third-order valence-electron chi connectivity index (χ3n) is 5.65. The molecule has 0 aliphatic carbocycles. The average molecular weight is 413 g/mol. The van der Waals surface area contributed by atoms with E-state index in [1.165, 1.54) is 0 Å². The van der Waals surface area contributed by atoms with Gasteiger partial charge >= 0.3 is 5.97 Å². The Morgan fingerprint density at radius 2 is 2.00 bits per heavy atom. The second kappa shape index (κ2) is 8.16. The molecule has 5 N–H and O–H groups in total. The van der Waals surface area contributed by atoms with Crippen LogP contribution in [0.4, 0.5) is 0 Å². The van der Waals surface area contributed by atoms with Crippen LogP contribution in [0.15, 0.2) is 54.7 Å². The van der Waals surface area contributed by atoms with Gasteiger partial charge in [-0.2, -0.15) is 0 Å². The Labute approximate surface area is 174 Å². The van der Waals surface area contributed by atoms with Crippen LogP contribution in [0.25, 0.3) is 10.9 Å². The predicted octanol–water partition coefficient (Wildman–Crippen LogP) is 3.48. The van der Waals surface area contributed by atoms with Gasteiger partial charge in [-0.25, -0.2) is 10.4 Å². The maximum atomic E-state index is 11.7. The minimum absolute atomic E-state index is 0.122. The molecule has 3 aromatic rings. The Hall–Kier alpha value is -2.38. The van der Waals surface area contributed by atoms with Crippen LogP contribution in [-0.4, -0.2) is 39.3 Å². The van der Waals surface area contributed by atoms with Gasteiger partial charge in [0.05, 0.1) is 12.2 Å². The molecule has 2 heterocycles. The SMILES string of the molecule is CC(CC(N)NN1[C@H](Cc2c[nH]c3ccccc23)[C@@H]1C(=O)O)c1ccc(Cl)cc1. The predicted molar refractivity (Wildman–Crippen MR) is 115 cm³/mol. The average Bonchev–Trinajstić information content (AvgIpc) is 3.20. The van der Waals surface area contributed by atoms with E-state index in [2.05, 4.69) is 23.4 Å². The quantitative estimate of drug-likeness (QED) is 0.335. The number of fused-ring (bicyclic) bond motifs is 1. The highest BCUT2D eigenvalue weighted by molar-refractivity contribution is 6.30. The van der Waals surface area contributed by atoms with E-state index in [1.54, 1.807) is 5.01 Å². The first-order chi connectivity index (χ1) is 13.9. The third-order valence-corrected chi connectivity index (χ3v) is 5.90. The van der Waals surface area contributed by atoms with Crippen LogP contribution in [0.5, 0.6) is 0 Å². The first kappa shape index (κ1) is 19.9. The molecule has 1 fully saturated rings. The first-order valence-electron chi connectivity index (χ1n) is 9.77. The van der Waals surface area contributed by atoms with Crippen LogP contribution < -0.4 is 11.2 Å². The van der Waals surface area contributed by atoms with Crippen molar-refractivity contribution in [3.8, 4) is 0 Å². The van der Waals surface area contributed by atoms with Gasteiger partial charge in [0.25, 0.3) is 0 Å². The van der Waals surface area contributed by atoms with Crippen LogP contribution in [0.1, 0.15) is 30.4 Å². The number of nitrogens with two attached hydrogens (primary N) is 1. The number of para-hydroxylation sites is 1. The van der Waals surface area contributed by atoms with Crippen molar-refractivity contribution in [1.82, 2.24) is 15.4 Å². The summed E-state index contributed by atoms with van der Waals surface area (Å²) in [6.07, 6.45) is 2.95. The second-order valence-electron chi connectivity index (χ2n) is 7.75. The number of hydrazine groups is 1. The summed E-state index contributed by atoms with van der Waals surface area (Å²) in [6, 6.07) is 15.1. The summed E-state index contributed by atoms with van der Waals surface area (Å²) >= 11 is 5.95. The van der Waals surface area contributed by atoms with E-state index in [9.17, 15) is 9.90 Å². The number of rotatable bonds is 8. The Kier molecular flexibility index (Phi) is 5.61. The molecule has 1 saturated heterocycles. The molecule has 1 aromatic heterocycles. The summed E-state index contributed by atoms with van der Waals surface area (Å²) in [6.45, 7) is 2.10. The number of carboxylic acids is 1. The molecule has 7 heteroatoms. The lowest BCUT2D eigenvalue weighted by molar-refractivity contribution is -0.137. The van der Waals surface area contributed by atoms with Crippen LogP contribution in [-0.2, 0) is 11.2 Å². The molecule has 5 atom stereocenters. The van der Waals surface area contributed by atoms with Crippen LogP contribution in [0.2, 0.25) is 5.02 Å². The fraction of sp³-hybridized carbons (Fsp3) is 0.318. The number of benzene rings is 2. The maximum Gasteiger partial charge on any atom is 0.324 e. The lowest BCUT2D eigenvalue weighted by atomic mass is 9.97.